The van der Waals surface area contributed by atoms with Crippen molar-refractivity contribution in [2.45, 2.75) is 238 Å². The molecule has 35 nitrogen and oxygen atoms in total. The van der Waals surface area contributed by atoms with Crippen molar-refractivity contribution < 1.29 is 132 Å². The lowest BCUT2D eigenvalue weighted by Gasteiger charge is -2.32. The molecule has 5 aromatic carbocycles. The molecule has 7 rings (SSSR count). The Morgan fingerprint density at radius 1 is 0.394 bits per heavy atom. The zero-order valence-electron chi connectivity index (χ0n) is 84.6. The number of Topliss-reactive ketones (excluding diaryl/α,β-unsaturated/α-hetero) is 3. The summed E-state index contributed by atoms with van der Waals surface area (Å²) in [6, 6.07) is 30.3. The molecular formula is C102H150N8O27. The maximum absolute atomic E-state index is 13.5. The largest absolute Gasteiger partial charge is 0.497 e. The lowest BCUT2D eigenvalue weighted by Crippen LogP contribution is -2.46. The molecule has 0 aliphatic heterocycles. The van der Waals surface area contributed by atoms with Gasteiger partial charge in [-0.15, -0.1) is 0 Å². The van der Waals surface area contributed by atoms with Gasteiger partial charge in [0.25, 0.3) is 11.8 Å². The van der Waals surface area contributed by atoms with Crippen LogP contribution in [0.25, 0.3) is 27.6 Å². The number of fused-ring (bicyclic) bond motifs is 2. The number of ether oxygens (including phenoxy) is 9. The summed E-state index contributed by atoms with van der Waals surface area (Å²) in [6.07, 6.45) is -8.03. The number of aromatic amines is 2. The number of H-pyrrole nitrogens is 2. The Morgan fingerprint density at radius 3 is 1.23 bits per heavy atom. The van der Waals surface area contributed by atoms with Gasteiger partial charge >= 0.3 is 5.97 Å². The topological polar surface area (TPSA) is 489 Å². The lowest BCUT2D eigenvalue weighted by atomic mass is 9.83. The predicted octanol–water partition coefficient (Wildman–Crippen LogP) is 13.1. The number of aliphatic hydroxyl groups is 8. The number of nitrogens with zero attached hydrogens (tertiary/aromatic N) is 4. The van der Waals surface area contributed by atoms with Crippen molar-refractivity contribution in [2.24, 2.45) is 60.5 Å². The summed E-state index contributed by atoms with van der Waals surface area (Å²) in [5, 5.41) is 104. The van der Waals surface area contributed by atoms with E-state index in [0.717, 1.165) is 38.5 Å². The molecule has 0 aliphatic carbocycles. The Bertz CT molecular complexity index is 5080. The highest BCUT2D eigenvalue weighted by atomic mass is 16.6. The van der Waals surface area contributed by atoms with Crippen molar-refractivity contribution in [3.05, 3.63) is 155 Å². The quantitative estimate of drug-likeness (QED) is 0.00554. The fraction of sp³-hybridized carbons (Fsp3) is 0.549. The van der Waals surface area contributed by atoms with E-state index in [4.69, 9.17) is 62.0 Å². The van der Waals surface area contributed by atoms with Gasteiger partial charge in [-0.05, 0) is 157 Å². The Labute approximate surface area is 805 Å². The maximum atomic E-state index is 13.5. The zero-order chi connectivity index (χ0) is 103. The van der Waals surface area contributed by atoms with Gasteiger partial charge in [0.2, 0.25) is 0 Å². The number of esters is 1. The van der Waals surface area contributed by atoms with Crippen LogP contribution in [0, 0.1) is 39.9 Å². The normalized spacial score (nSPS) is 14.9. The second-order valence-electron chi connectivity index (χ2n) is 38.1. The molecule has 12 N–H and O–H groups in total. The molecule has 2 aromatic heterocycles. The number of anilines is 2. The van der Waals surface area contributed by atoms with Gasteiger partial charge in [0.1, 0.15) is 94.7 Å². The van der Waals surface area contributed by atoms with Crippen LogP contribution < -0.4 is 24.8 Å². The van der Waals surface area contributed by atoms with E-state index in [1.165, 1.54) is 63.2 Å². The molecule has 0 fully saturated rings. The molecule has 137 heavy (non-hydrogen) atoms. The Hall–Kier alpha value is -11.1. The highest BCUT2D eigenvalue weighted by molar-refractivity contribution is 6.01. The molecule has 0 unspecified atom stereocenters. The first-order valence-electron chi connectivity index (χ1n) is 45.5. The van der Waals surface area contributed by atoms with E-state index in [1.807, 2.05) is 191 Å². The van der Waals surface area contributed by atoms with Crippen molar-refractivity contribution in [3.8, 4) is 17.2 Å². The van der Waals surface area contributed by atoms with E-state index >= 15 is 0 Å². The summed E-state index contributed by atoms with van der Waals surface area (Å²) in [4.78, 5) is 102. The number of amides is 2. The minimum Gasteiger partial charge on any atom is -0.497 e. The van der Waals surface area contributed by atoms with Gasteiger partial charge in [-0.25, -0.2) is 4.79 Å². The summed E-state index contributed by atoms with van der Waals surface area (Å²) < 4.78 is 49.7. The molecule has 12 atom stereocenters. The molecular weight excluding hydrogens is 1770 g/mol. The molecule has 0 spiro atoms. The van der Waals surface area contributed by atoms with Crippen molar-refractivity contribution in [1.82, 2.24) is 9.97 Å². The summed E-state index contributed by atoms with van der Waals surface area (Å²) in [6.45, 7) is 42.4. The van der Waals surface area contributed by atoms with Gasteiger partial charge in [-0.3, -0.25) is 24.0 Å². The molecule has 2 heterocycles. The van der Waals surface area contributed by atoms with E-state index in [9.17, 15) is 69.6 Å². The number of aliphatic hydroxyl groups excluding tert-OH is 8. The number of carbonyl (C=O) groups excluding carboxylic acids is 6. The number of carbonyl (C=O) groups is 6. The summed E-state index contributed by atoms with van der Waals surface area (Å²) in [7, 11) is 8.77. The first-order chi connectivity index (χ1) is 64.2. The number of rotatable bonds is 50. The van der Waals surface area contributed by atoms with Crippen LogP contribution in [-0.2, 0) is 86.2 Å². The number of benzene rings is 5. The predicted molar refractivity (Wildman–Crippen MR) is 528 cm³/mol. The third-order valence-corrected chi connectivity index (χ3v) is 20.6. The van der Waals surface area contributed by atoms with Gasteiger partial charge < -0.3 is 123 Å². The van der Waals surface area contributed by atoms with E-state index < -0.39 is 108 Å². The molecule has 35 heteroatoms. The minimum atomic E-state index is -1.36. The summed E-state index contributed by atoms with van der Waals surface area (Å²) in [5.41, 5.74) is 5.74. The number of nitrogens with one attached hydrogen (secondary N) is 4. The van der Waals surface area contributed by atoms with E-state index in [0.29, 0.717) is 70.9 Å². The van der Waals surface area contributed by atoms with Crippen LogP contribution in [0.1, 0.15) is 188 Å². The Morgan fingerprint density at radius 2 is 0.796 bits per heavy atom. The molecule has 0 radical (unpaired) electrons. The van der Waals surface area contributed by atoms with Crippen molar-refractivity contribution in [1.29, 1.82) is 0 Å². The first kappa shape index (κ1) is 118. The number of methoxy groups -OCH3 is 6. The number of aromatic nitrogens is 2. The number of hydrogen-bond donors (Lipinski definition) is 12. The standard InChI is InChI=1S/C37H54N2O9.C25H39NO8.C21H30N2O5.C19H27N3O5/c1-22(2)19-46-31-17-26(25(6)44-10)12-13-28(31)16-30(41)27-14-15-29(32(18-27)47-20-23(3)4)38-33(42)21-48-39-34(35(43)24(5)40)36(45-11)37(7,8)9;1-15(2)13-33-20-12-18(24(30)32-8)10-9-17(20)11-19(28)14-34-26-21(22(29)16(3)27)23(31-7)25(4,5)6;1-13(24)19(26)18(20(27-5)21(2,3)4)23-28-12-16(25)11-14-6-7-17-15(10-14)8-9-22-17;1-11(2)19(26-4)17(18(25)12(3)23)22-27-10-16(24)21-14-6-5-13-7-8-20-15(13)9-14/h12-15,17-18,22-24,35-36,40,43H,6,16,19-21H2,1-5,7-11H3,(H,38,42);9-10,12,15-16,22-23,27,29H,11,13-14H2,1-8H3;6-10,13,19-20,22,24,26H,11-12H2,1-5H3;5-9,11-12,18-20,23,25H,10H2,1-4H3,(H,21,24)/b39-34+;26-21+;23-18+;22-17+/t24-,35+,36-;16-,22+,23-;13-,19+,20-;12-,18+,19+/m1111/s1. The van der Waals surface area contributed by atoms with Gasteiger partial charge in [-0.2, -0.15) is 0 Å². The van der Waals surface area contributed by atoms with Crippen molar-refractivity contribution >= 4 is 96.9 Å². The molecule has 0 aliphatic rings. The minimum absolute atomic E-state index is 0.00732. The van der Waals surface area contributed by atoms with E-state index in [1.54, 1.807) is 49.6 Å². The summed E-state index contributed by atoms with van der Waals surface area (Å²) in [5.74, 6) is 0.488. The van der Waals surface area contributed by atoms with Crippen molar-refractivity contribution in [3.63, 3.8) is 0 Å². The van der Waals surface area contributed by atoms with Gasteiger partial charge in [-0.1, -0.05) is 175 Å². The van der Waals surface area contributed by atoms with Crippen LogP contribution in [0.5, 0.6) is 17.2 Å². The van der Waals surface area contributed by atoms with Crippen LogP contribution in [0.4, 0.5) is 11.4 Å². The molecule has 0 bridgehead atoms. The molecule has 0 saturated carbocycles. The fourth-order valence-corrected chi connectivity index (χ4v) is 13.6. The Kier molecular flexibility index (Phi) is 49.5. The second kappa shape index (κ2) is 57.3. The van der Waals surface area contributed by atoms with Gasteiger partial charge in [0, 0.05) is 99.1 Å². The summed E-state index contributed by atoms with van der Waals surface area (Å²) >= 11 is 0. The van der Waals surface area contributed by atoms with Gasteiger partial charge in [0.15, 0.2) is 43.8 Å². The molecule has 760 valence electrons. The zero-order valence-corrected chi connectivity index (χ0v) is 84.6. The lowest BCUT2D eigenvalue weighted by molar-refractivity contribution is -0.123. The molecule has 0 saturated heterocycles. The molecule has 2 amide bonds. The van der Waals surface area contributed by atoms with Crippen LogP contribution in [0.2, 0.25) is 0 Å². The Balaban J connectivity index is 0.000000392. The van der Waals surface area contributed by atoms with Crippen LogP contribution >= 0.6 is 0 Å². The smallest absolute Gasteiger partial charge is 0.337 e. The fourth-order valence-electron chi connectivity index (χ4n) is 13.6. The monoisotopic (exact) mass is 1920 g/mol. The van der Waals surface area contributed by atoms with E-state index in [-0.39, 0.29) is 108 Å². The van der Waals surface area contributed by atoms with Crippen LogP contribution in [-0.4, -0.2) is 271 Å². The third-order valence-electron chi connectivity index (χ3n) is 20.6. The molecule has 7 aromatic rings. The maximum Gasteiger partial charge on any atom is 0.337 e. The highest BCUT2D eigenvalue weighted by Crippen LogP contribution is 2.34. The van der Waals surface area contributed by atoms with Gasteiger partial charge in [0.05, 0.1) is 69.7 Å². The van der Waals surface area contributed by atoms with Crippen LogP contribution in [0.3, 0.4) is 0 Å². The number of oxime groups is 4. The second-order valence-corrected chi connectivity index (χ2v) is 38.1. The highest BCUT2D eigenvalue weighted by Gasteiger charge is 2.40. The van der Waals surface area contributed by atoms with Crippen molar-refractivity contribution in [2.75, 3.05) is 99.5 Å². The van der Waals surface area contributed by atoms with E-state index in [2.05, 4.69) is 47.8 Å². The average molecular weight is 1920 g/mol. The number of hydrogen-bond acceptors (Lipinski definition) is 31. The average Bonchev–Trinajstić information content (AvgIpc) is 1.66. The third kappa shape index (κ3) is 39.4. The van der Waals surface area contributed by atoms with Crippen LogP contribution in [0.15, 0.2) is 143 Å². The SMILES string of the molecule is C=C(OC)c1ccc(CC(=O)c2ccc(NC(=O)CO/N=C(\[C@@H](O)[C@@H](C)O)[C@@H](OC)C(C)(C)C)c(OCC(C)C)c2)c(OCC(C)C)c1.COC(=O)c1ccc(CC(=O)CO/N=C(\[C@@H](O)[C@@H](C)O)[C@@H](OC)C(C)(C)C)c(OCC(C)C)c1.CO[C@H](/C(=N/OCC(=O)Cc1ccc2[nH]ccc2c1)[C@@H](O)[C@@H](C)O)C(C)(C)C.CO[C@H](/C(=N/OCC(=O)Nc1ccc2cc[nH]c2c1)[C@@H](O)[C@@H](C)O)C(C)C. The number of ketones is 3. The first-order valence-corrected chi connectivity index (χ1v) is 45.5.